The van der Waals surface area contributed by atoms with Crippen molar-refractivity contribution in [3.8, 4) is 0 Å². The van der Waals surface area contributed by atoms with Gasteiger partial charge in [0.25, 0.3) is 0 Å². The van der Waals surface area contributed by atoms with Crippen LogP contribution >= 0.6 is 23.1 Å². The van der Waals surface area contributed by atoms with Gasteiger partial charge in [0.1, 0.15) is 4.34 Å². The van der Waals surface area contributed by atoms with Crippen LogP contribution in [0.3, 0.4) is 0 Å². The highest BCUT2D eigenvalue weighted by Gasteiger charge is 1.99. The van der Waals surface area contributed by atoms with Crippen LogP contribution in [0.15, 0.2) is 9.72 Å². The molecule has 0 saturated heterocycles. The van der Waals surface area contributed by atoms with Crippen molar-refractivity contribution in [3.63, 3.8) is 0 Å². The molecule has 1 heterocycles. The summed E-state index contributed by atoms with van der Waals surface area (Å²) in [4.78, 5) is 4.40. The lowest BCUT2D eigenvalue weighted by Crippen LogP contribution is -1.85. The normalized spacial score (nSPS) is 10.5. The Bertz CT molecular complexity index is 225. The first-order chi connectivity index (χ1) is 5.86. The van der Waals surface area contributed by atoms with Crippen molar-refractivity contribution < 1.29 is 5.11 Å². The Hall–Kier alpha value is -0.0600. The van der Waals surface area contributed by atoms with E-state index in [1.807, 2.05) is 0 Å². The molecule has 0 aliphatic rings. The van der Waals surface area contributed by atoms with Crippen LogP contribution in [0.4, 0.5) is 0 Å². The standard InChI is InChI=1S/C8H13NOS2/c1-2-7-6-12-8(9-7)11-5-3-4-10/h6,10H,2-5H2,1H3. The van der Waals surface area contributed by atoms with Gasteiger partial charge >= 0.3 is 0 Å². The van der Waals surface area contributed by atoms with Crippen molar-refractivity contribution in [2.24, 2.45) is 0 Å². The van der Waals surface area contributed by atoms with E-state index in [9.17, 15) is 0 Å². The van der Waals surface area contributed by atoms with E-state index in [0.29, 0.717) is 0 Å². The Morgan fingerprint density at radius 3 is 3.08 bits per heavy atom. The van der Waals surface area contributed by atoms with Gasteiger partial charge in [-0.3, -0.25) is 0 Å². The molecule has 0 atom stereocenters. The molecule has 1 aromatic rings. The second-order valence-corrected chi connectivity index (χ2v) is 4.58. The molecule has 0 radical (unpaired) electrons. The van der Waals surface area contributed by atoms with Crippen molar-refractivity contribution >= 4 is 23.1 Å². The highest BCUT2D eigenvalue weighted by Crippen LogP contribution is 2.23. The maximum Gasteiger partial charge on any atom is 0.150 e. The van der Waals surface area contributed by atoms with Crippen LogP contribution in [0, 0.1) is 0 Å². The zero-order valence-corrected chi connectivity index (χ0v) is 8.75. The molecule has 12 heavy (non-hydrogen) atoms. The molecule has 0 aromatic carbocycles. The SMILES string of the molecule is CCc1csc(SCCCO)n1. The number of rotatable bonds is 5. The minimum atomic E-state index is 0.277. The number of hydrogen-bond acceptors (Lipinski definition) is 4. The molecule has 0 unspecified atom stereocenters. The smallest absolute Gasteiger partial charge is 0.150 e. The number of aryl methyl sites for hydroxylation is 1. The Morgan fingerprint density at radius 1 is 1.67 bits per heavy atom. The maximum absolute atomic E-state index is 8.57. The molecule has 0 saturated carbocycles. The predicted octanol–water partition coefficient (Wildman–Crippen LogP) is 2.18. The quantitative estimate of drug-likeness (QED) is 0.588. The summed E-state index contributed by atoms with van der Waals surface area (Å²) in [6.07, 6.45) is 1.86. The Kier molecular flexibility index (Phi) is 4.65. The third-order valence-electron chi connectivity index (χ3n) is 1.42. The average molecular weight is 203 g/mol. The van der Waals surface area contributed by atoms with Crippen LogP contribution in [0.1, 0.15) is 19.0 Å². The van der Waals surface area contributed by atoms with Gasteiger partial charge in [-0.25, -0.2) is 4.98 Å². The van der Waals surface area contributed by atoms with Gasteiger partial charge in [0.2, 0.25) is 0 Å². The molecule has 2 nitrogen and oxygen atoms in total. The number of aliphatic hydroxyl groups is 1. The molecule has 4 heteroatoms. The molecule has 68 valence electrons. The fraction of sp³-hybridized carbons (Fsp3) is 0.625. The zero-order chi connectivity index (χ0) is 8.81. The summed E-state index contributed by atoms with van der Waals surface area (Å²) in [5.74, 6) is 0.965. The van der Waals surface area contributed by atoms with Gasteiger partial charge in [-0.1, -0.05) is 18.7 Å². The summed E-state index contributed by atoms with van der Waals surface area (Å²) in [7, 11) is 0. The number of thiazole rings is 1. The Morgan fingerprint density at radius 2 is 2.50 bits per heavy atom. The van der Waals surface area contributed by atoms with Crippen molar-refractivity contribution in [2.45, 2.75) is 24.1 Å². The van der Waals surface area contributed by atoms with E-state index in [2.05, 4.69) is 17.3 Å². The van der Waals surface area contributed by atoms with Gasteiger partial charge in [-0.05, 0) is 12.8 Å². The Balaban J connectivity index is 2.31. The molecule has 1 N–H and O–H groups in total. The van der Waals surface area contributed by atoms with E-state index in [0.717, 1.165) is 22.9 Å². The zero-order valence-electron chi connectivity index (χ0n) is 7.12. The molecule has 0 fully saturated rings. The lowest BCUT2D eigenvalue weighted by molar-refractivity contribution is 0.296. The lowest BCUT2D eigenvalue weighted by atomic mass is 10.4. The molecule has 0 spiro atoms. The van der Waals surface area contributed by atoms with Crippen LogP contribution in [0.5, 0.6) is 0 Å². The minimum Gasteiger partial charge on any atom is -0.396 e. The molecule has 0 amide bonds. The maximum atomic E-state index is 8.57. The Labute approximate surface area is 81.0 Å². The monoisotopic (exact) mass is 203 g/mol. The first kappa shape index (κ1) is 10.0. The summed E-state index contributed by atoms with van der Waals surface area (Å²) in [5.41, 5.74) is 1.17. The van der Waals surface area contributed by atoms with Gasteiger partial charge in [0.15, 0.2) is 0 Å². The van der Waals surface area contributed by atoms with Gasteiger partial charge in [0.05, 0.1) is 5.69 Å². The van der Waals surface area contributed by atoms with Gasteiger partial charge in [0, 0.05) is 17.7 Å². The van der Waals surface area contributed by atoms with Crippen LogP contribution < -0.4 is 0 Å². The van der Waals surface area contributed by atoms with E-state index in [-0.39, 0.29) is 6.61 Å². The van der Waals surface area contributed by atoms with Gasteiger partial charge < -0.3 is 5.11 Å². The highest BCUT2D eigenvalue weighted by atomic mass is 32.2. The third-order valence-corrected chi connectivity index (χ3v) is 3.58. The molecule has 1 aromatic heterocycles. The fourth-order valence-corrected chi connectivity index (χ4v) is 2.66. The molecular formula is C8H13NOS2. The second kappa shape index (κ2) is 5.56. The van der Waals surface area contributed by atoms with E-state index < -0.39 is 0 Å². The van der Waals surface area contributed by atoms with E-state index in [1.54, 1.807) is 23.1 Å². The second-order valence-electron chi connectivity index (χ2n) is 2.38. The summed E-state index contributed by atoms with van der Waals surface area (Å²) >= 11 is 3.42. The largest absolute Gasteiger partial charge is 0.396 e. The summed E-state index contributed by atoms with van der Waals surface area (Å²) < 4.78 is 1.13. The van der Waals surface area contributed by atoms with Crippen LogP contribution in [-0.4, -0.2) is 22.5 Å². The van der Waals surface area contributed by atoms with Crippen LogP contribution in [0.2, 0.25) is 0 Å². The first-order valence-corrected chi connectivity index (χ1v) is 5.91. The fourth-order valence-electron chi connectivity index (χ4n) is 0.741. The van der Waals surface area contributed by atoms with Gasteiger partial charge in [-0.15, -0.1) is 11.3 Å². The number of nitrogens with zero attached hydrogens (tertiary/aromatic N) is 1. The van der Waals surface area contributed by atoms with Crippen LogP contribution in [0.25, 0.3) is 0 Å². The van der Waals surface area contributed by atoms with E-state index >= 15 is 0 Å². The van der Waals surface area contributed by atoms with Crippen molar-refractivity contribution in [2.75, 3.05) is 12.4 Å². The predicted molar refractivity (Wildman–Crippen MR) is 53.9 cm³/mol. The topological polar surface area (TPSA) is 33.1 Å². The van der Waals surface area contributed by atoms with Crippen molar-refractivity contribution in [1.29, 1.82) is 0 Å². The van der Waals surface area contributed by atoms with E-state index in [4.69, 9.17) is 5.11 Å². The molecule has 0 bridgehead atoms. The molecule has 0 aliphatic heterocycles. The summed E-state index contributed by atoms with van der Waals surface area (Å²) in [6.45, 7) is 2.39. The summed E-state index contributed by atoms with van der Waals surface area (Å²) in [5, 5.41) is 10.7. The van der Waals surface area contributed by atoms with Gasteiger partial charge in [-0.2, -0.15) is 0 Å². The molecule has 0 aliphatic carbocycles. The summed E-state index contributed by atoms with van der Waals surface area (Å²) in [6, 6.07) is 0. The van der Waals surface area contributed by atoms with Crippen LogP contribution in [-0.2, 0) is 6.42 Å². The number of aromatic nitrogens is 1. The highest BCUT2D eigenvalue weighted by molar-refractivity contribution is 8.00. The number of aliphatic hydroxyl groups excluding tert-OH is 1. The molecular weight excluding hydrogens is 190 g/mol. The lowest BCUT2D eigenvalue weighted by Gasteiger charge is -1.92. The number of hydrogen-bond donors (Lipinski definition) is 1. The molecule has 1 rings (SSSR count). The minimum absolute atomic E-state index is 0.277. The third kappa shape index (κ3) is 3.13. The number of thioether (sulfide) groups is 1. The van der Waals surface area contributed by atoms with Crippen molar-refractivity contribution in [3.05, 3.63) is 11.1 Å². The average Bonchev–Trinajstić information content (AvgIpc) is 2.53. The first-order valence-electron chi connectivity index (χ1n) is 4.05. The van der Waals surface area contributed by atoms with E-state index in [1.165, 1.54) is 5.69 Å². The van der Waals surface area contributed by atoms with Crippen molar-refractivity contribution in [1.82, 2.24) is 4.98 Å².